The Morgan fingerprint density at radius 2 is 2.05 bits per heavy atom. The molecule has 0 atom stereocenters. The number of nitrogens with two attached hydrogens (primary N) is 1. The molecule has 0 bridgehead atoms. The first-order valence-corrected chi connectivity index (χ1v) is 5.42. The van der Waals surface area contributed by atoms with E-state index < -0.39 is 9.85 Å². The zero-order valence-electron chi connectivity index (χ0n) is 10.1. The quantitative estimate of drug-likeness (QED) is 0.472. The van der Waals surface area contributed by atoms with E-state index >= 15 is 0 Å². The largest absolute Gasteiger partial charge is 0.318 e. The number of nitrogens with one attached hydrogen (secondary N) is 1. The molecule has 0 amide bonds. The van der Waals surface area contributed by atoms with E-state index in [1.807, 2.05) is 0 Å². The molecule has 1 heterocycles. The van der Waals surface area contributed by atoms with Gasteiger partial charge in [-0.2, -0.15) is 5.10 Å². The predicted octanol–water partition coefficient (Wildman–Crippen LogP) is 1.03. The number of hydrogen-bond donors (Lipinski definition) is 2. The van der Waals surface area contributed by atoms with Gasteiger partial charge in [-0.15, -0.1) is 0 Å². The van der Waals surface area contributed by atoms with Gasteiger partial charge >= 0.3 is 5.69 Å². The Balaban J connectivity index is 2.25. The summed E-state index contributed by atoms with van der Waals surface area (Å²) in [6.45, 7) is 0.237. The Bertz CT molecular complexity index is 668. The molecule has 1 aromatic carbocycles. The predicted molar refractivity (Wildman–Crippen MR) is 68.9 cm³/mol. The Labute approximate surface area is 112 Å². The molecular formula is C10H10N6O4. The lowest BCUT2D eigenvalue weighted by Gasteiger charge is -2.05. The lowest BCUT2D eigenvalue weighted by molar-refractivity contribution is -0.385. The van der Waals surface area contributed by atoms with Gasteiger partial charge in [-0.1, -0.05) is 6.07 Å². The molecule has 104 valence electrons. The summed E-state index contributed by atoms with van der Waals surface area (Å²) in [4.78, 5) is 20.2. The fourth-order valence-electron chi connectivity index (χ4n) is 1.68. The fourth-order valence-corrected chi connectivity index (χ4v) is 1.68. The summed E-state index contributed by atoms with van der Waals surface area (Å²) < 4.78 is 1.36. The van der Waals surface area contributed by atoms with Crippen LogP contribution in [0.4, 0.5) is 17.1 Å². The molecule has 0 aliphatic rings. The minimum atomic E-state index is -0.558. The maximum absolute atomic E-state index is 10.7. The third-order valence-corrected chi connectivity index (χ3v) is 2.59. The molecule has 20 heavy (non-hydrogen) atoms. The highest BCUT2D eigenvalue weighted by Gasteiger charge is 2.14. The van der Waals surface area contributed by atoms with Crippen molar-refractivity contribution in [1.82, 2.24) is 9.78 Å². The molecule has 2 aromatic rings. The number of hydrogen-bond acceptors (Lipinski definition) is 7. The number of aromatic nitrogens is 2. The van der Waals surface area contributed by atoms with Crippen LogP contribution in [0.1, 0.15) is 5.56 Å². The van der Waals surface area contributed by atoms with Crippen molar-refractivity contribution in [2.24, 2.45) is 5.84 Å². The Morgan fingerprint density at radius 1 is 1.30 bits per heavy atom. The maximum Gasteiger partial charge on any atom is 0.307 e. The Kier molecular flexibility index (Phi) is 3.57. The van der Waals surface area contributed by atoms with Crippen LogP contribution in [-0.2, 0) is 6.54 Å². The maximum atomic E-state index is 10.7. The summed E-state index contributed by atoms with van der Waals surface area (Å²) >= 11 is 0. The summed E-state index contributed by atoms with van der Waals surface area (Å²) in [5.41, 5.74) is 2.80. The number of benzene rings is 1. The zero-order valence-corrected chi connectivity index (χ0v) is 10.1. The summed E-state index contributed by atoms with van der Waals surface area (Å²) in [6.07, 6.45) is 2.41. The molecule has 0 fully saturated rings. The van der Waals surface area contributed by atoms with Crippen LogP contribution in [0, 0.1) is 20.2 Å². The van der Waals surface area contributed by atoms with Gasteiger partial charge in [0.2, 0.25) is 0 Å². The van der Waals surface area contributed by atoms with E-state index in [0.717, 1.165) is 6.20 Å². The van der Waals surface area contributed by atoms with Gasteiger partial charge in [0, 0.05) is 6.07 Å². The zero-order chi connectivity index (χ0) is 14.7. The summed E-state index contributed by atoms with van der Waals surface area (Å²) in [5, 5.41) is 25.1. The van der Waals surface area contributed by atoms with Crippen molar-refractivity contribution in [3.8, 4) is 0 Å². The van der Waals surface area contributed by atoms with E-state index in [2.05, 4.69) is 10.5 Å². The van der Waals surface area contributed by atoms with Crippen LogP contribution in [0.3, 0.4) is 0 Å². The van der Waals surface area contributed by atoms with E-state index in [4.69, 9.17) is 5.84 Å². The van der Waals surface area contributed by atoms with Gasteiger partial charge < -0.3 is 5.43 Å². The van der Waals surface area contributed by atoms with Crippen molar-refractivity contribution in [3.05, 3.63) is 56.4 Å². The second-order valence-corrected chi connectivity index (χ2v) is 3.91. The molecule has 10 heteroatoms. The second-order valence-electron chi connectivity index (χ2n) is 3.91. The summed E-state index contributed by atoms with van der Waals surface area (Å²) in [7, 11) is 0. The monoisotopic (exact) mass is 278 g/mol. The highest BCUT2D eigenvalue weighted by Crippen LogP contribution is 2.24. The Morgan fingerprint density at radius 3 is 2.60 bits per heavy atom. The second kappa shape index (κ2) is 5.32. The van der Waals surface area contributed by atoms with Crippen LogP contribution < -0.4 is 11.3 Å². The first kappa shape index (κ1) is 13.4. The number of nitro groups is 2. The van der Waals surface area contributed by atoms with Gasteiger partial charge in [-0.05, 0) is 11.6 Å². The van der Waals surface area contributed by atoms with E-state index in [1.54, 1.807) is 0 Å². The van der Waals surface area contributed by atoms with Crippen LogP contribution in [0.2, 0.25) is 0 Å². The van der Waals surface area contributed by atoms with Gasteiger partial charge in [0.1, 0.15) is 18.1 Å². The first-order valence-electron chi connectivity index (χ1n) is 5.42. The third kappa shape index (κ3) is 2.70. The average Bonchev–Trinajstić information content (AvgIpc) is 2.87. The van der Waals surface area contributed by atoms with E-state index in [1.165, 1.54) is 29.1 Å². The molecule has 0 unspecified atom stereocenters. The lowest BCUT2D eigenvalue weighted by Crippen LogP contribution is -2.10. The minimum Gasteiger partial charge on any atom is -0.318 e. The van der Waals surface area contributed by atoms with Gasteiger partial charge in [0.15, 0.2) is 0 Å². The normalized spacial score (nSPS) is 10.2. The van der Waals surface area contributed by atoms with Crippen LogP contribution >= 0.6 is 0 Å². The van der Waals surface area contributed by atoms with Crippen molar-refractivity contribution >= 4 is 17.1 Å². The van der Waals surface area contributed by atoms with Crippen molar-refractivity contribution in [2.75, 3.05) is 5.43 Å². The van der Waals surface area contributed by atoms with E-state index in [0.29, 0.717) is 5.56 Å². The van der Waals surface area contributed by atoms with Gasteiger partial charge in [-0.25, -0.2) is 0 Å². The van der Waals surface area contributed by atoms with Crippen LogP contribution in [0.15, 0.2) is 30.6 Å². The highest BCUT2D eigenvalue weighted by atomic mass is 16.6. The van der Waals surface area contributed by atoms with Crippen molar-refractivity contribution < 1.29 is 9.85 Å². The third-order valence-electron chi connectivity index (χ3n) is 2.59. The molecule has 2 rings (SSSR count). The number of nitro benzene ring substituents is 1. The number of rotatable bonds is 5. The topological polar surface area (TPSA) is 142 Å². The van der Waals surface area contributed by atoms with Crippen molar-refractivity contribution in [1.29, 1.82) is 0 Å². The minimum absolute atomic E-state index is 0.121. The molecule has 3 N–H and O–H groups in total. The van der Waals surface area contributed by atoms with Crippen LogP contribution in [-0.4, -0.2) is 19.6 Å². The fraction of sp³-hybridized carbons (Fsp3) is 0.100. The molecule has 0 saturated heterocycles. The van der Waals surface area contributed by atoms with E-state index in [9.17, 15) is 20.2 Å². The molecule has 0 radical (unpaired) electrons. The number of nitrogen functional groups attached to an aromatic ring is 1. The molecule has 0 saturated carbocycles. The van der Waals surface area contributed by atoms with Crippen molar-refractivity contribution in [2.45, 2.75) is 6.54 Å². The lowest BCUT2D eigenvalue weighted by atomic mass is 10.1. The summed E-state index contributed by atoms with van der Waals surface area (Å²) in [6, 6.07) is 4.33. The molecule has 1 aromatic heterocycles. The van der Waals surface area contributed by atoms with E-state index in [-0.39, 0.29) is 23.6 Å². The number of anilines is 1. The highest BCUT2D eigenvalue weighted by molar-refractivity contribution is 5.62. The van der Waals surface area contributed by atoms with Gasteiger partial charge in [-0.3, -0.25) is 30.8 Å². The molecule has 0 spiro atoms. The smallest absolute Gasteiger partial charge is 0.307 e. The number of hydrazine groups is 1. The molecular weight excluding hydrogens is 268 g/mol. The molecule has 0 aliphatic carbocycles. The molecule has 0 aliphatic heterocycles. The average molecular weight is 278 g/mol. The standard InChI is InChI=1S/C10H10N6O4/c11-13-9-3-7(1-2-10(9)16(19)20)5-14-6-8(4-12-14)15(17)18/h1-4,6,13H,5,11H2. The Hall–Kier alpha value is -3.01. The van der Waals surface area contributed by atoms with Crippen LogP contribution in [0.5, 0.6) is 0 Å². The van der Waals surface area contributed by atoms with Crippen molar-refractivity contribution in [3.63, 3.8) is 0 Å². The number of nitrogens with zero attached hydrogens (tertiary/aromatic N) is 4. The first-order chi connectivity index (χ1) is 9.51. The molecule has 10 nitrogen and oxygen atoms in total. The SMILES string of the molecule is NNc1cc(Cn2cc([N+](=O)[O-])cn2)ccc1[N+](=O)[O-]. The van der Waals surface area contributed by atoms with Crippen LogP contribution in [0.25, 0.3) is 0 Å². The summed E-state index contributed by atoms with van der Waals surface area (Å²) in [5.74, 6) is 5.23. The van der Waals surface area contributed by atoms with Gasteiger partial charge in [0.25, 0.3) is 5.69 Å². The van der Waals surface area contributed by atoms with Gasteiger partial charge in [0.05, 0.1) is 16.4 Å².